The monoisotopic (exact) mass is 419 g/mol. The number of amides is 1. The molecule has 1 unspecified atom stereocenters. The van der Waals surface area contributed by atoms with Gasteiger partial charge in [0.25, 0.3) is 5.91 Å². The number of rotatable bonds is 7. The van der Waals surface area contributed by atoms with E-state index < -0.39 is 5.92 Å². The topological polar surface area (TPSA) is 74.1 Å². The molecule has 1 heterocycles. The van der Waals surface area contributed by atoms with Gasteiger partial charge in [-0.1, -0.05) is 43.3 Å². The Balaban J connectivity index is 2.13. The molecule has 1 aliphatic heterocycles. The molecular formula is C24H25N3O2S. The summed E-state index contributed by atoms with van der Waals surface area (Å²) in [6, 6.07) is 19.3. The number of nitriles is 1. The van der Waals surface area contributed by atoms with Gasteiger partial charge in [-0.15, -0.1) is 11.8 Å². The predicted octanol–water partition coefficient (Wildman–Crippen LogP) is 5.17. The van der Waals surface area contributed by atoms with Gasteiger partial charge in [-0.2, -0.15) is 5.26 Å². The van der Waals surface area contributed by atoms with Crippen LogP contribution in [0.15, 0.2) is 76.5 Å². The molecule has 0 saturated carbocycles. The Morgan fingerprint density at radius 1 is 1.17 bits per heavy atom. The molecule has 0 aliphatic carbocycles. The van der Waals surface area contributed by atoms with E-state index >= 15 is 0 Å². The minimum absolute atomic E-state index is 0.240. The normalized spacial score (nSPS) is 16.0. The van der Waals surface area contributed by atoms with Crippen molar-refractivity contribution in [3.63, 3.8) is 0 Å². The van der Waals surface area contributed by atoms with Crippen LogP contribution in [0.1, 0.15) is 32.3 Å². The van der Waals surface area contributed by atoms with E-state index in [0.29, 0.717) is 29.2 Å². The van der Waals surface area contributed by atoms with Gasteiger partial charge in [0.15, 0.2) is 0 Å². The summed E-state index contributed by atoms with van der Waals surface area (Å²) < 4.78 is 5.85. The maximum atomic E-state index is 13.4. The SMILES string of the molecule is CCOc1ccccc1C1C(C#N)=C(SCC)NC(C)=C1C(=O)Nc1ccccc1. The third kappa shape index (κ3) is 4.52. The lowest BCUT2D eigenvalue weighted by Gasteiger charge is -2.30. The number of nitrogens with one attached hydrogen (secondary N) is 2. The van der Waals surface area contributed by atoms with Crippen molar-refractivity contribution in [2.75, 3.05) is 17.7 Å². The van der Waals surface area contributed by atoms with Crippen molar-refractivity contribution in [1.82, 2.24) is 5.32 Å². The smallest absolute Gasteiger partial charge is 0.254 e. The predicted molar refractivity (Wildman–Crippen MR) is 122 cm³/mol. The van der Waals surface area contributed by atoms with Gasteiger partial charge in [0.05, 0.1) is 29.2 Å². The first-order valence-electron chi connectivity index (χ1n) is 9.93. The summed E-state index contributed by atoms with van der Waals surface area (Å²) in [5.41, 5.74) is 3.29. The van der Waals surface area contributed by atoms with E-state index in [2.05, 4.69) is 16.7 Å². The second-order valence-corrected chi connectivity index (χ2v) is 7.95. The molecule has 6 heteroatoms. The van der Waals surface area contributed by atoms with Crippen molar-refractivity contribution in [2.45, 2.75) is 26.7 Å². The Kier molecular flexibility index (Phi) is 7.21. The number of benzene rings is 2. The molecular weight excluding hydrogens is 394 g/mol. The highest BCUT2D eigenvalue weighted by Gasteiger charge is 2.36. The lowest BCUT2D eigenvalue weighted by atomic mass is 9.81. The Morgan fingerprint density at radius 2 is 1.87 bits per heavy atom. The van der Waals surface area contributed by atoms with Crippen LogP contribution in [-0.4, -0.2) is 18.3 Å². The zero-order valence-corrected chi connectivity index (χ0v) is 18.2. The van der Waals surface area contributed by atoms with Gasteiger partial charge < -0.3 is 15.4 Å². The maximum absolute atomic E-state index is 13.4. The first-order chi connectivity index (χ1) is 14.6. The van der Waals surface area contributed by atoms with E-state index in [4.69, 9.17) is 4.74 Å². The molecule has 2 aromatic rings. The second-order valence-electron chi connectivity index (χ2n) is 6.68. The van der Waals surface area contributed by atoms with Crippen LogP contribution in [0.3, 0.4) is 0 Å². The first kappa shape index (κ1) is 21.5. The summed E-state index contributed by atoms with van der Waals surface area (Å²) in [6.45, 7) is 6.33. The van der Waals surface area contributed by atoms with E-state index in [-0.39, 0.29) is 5.91 Å². The summed E-state index contributed by atoms with van der Waals surface area (Å²) >= 11 is 1.56. The molecule has 3 rings (SSSR count). The molecule has 5 nitrogen and oxygen atoms in total. The molecule has 0 radical (unpaired) electrons. The van der Waals surface area contributed by atoms with Gasteiger partial charge in [-0.3, -0.25) is 4.79 Å². The van der Waals surface area contributed by atoms with Gasteiger partial charge in [-0.25, -0.2) is 0 Å². The fourth-order valence-electron chi connectivity index (χ4n) is 3.51. The van der Waals surface area contributed by atoms with Crippen LogP contribution in [0.2, 0.25) is 0 Å². The van der Waals surface area contributed by atoms with Crippen LogP contribution >= 0.6 is 11.8 Å². The summed E-state index contributed by atoms with van der Waals surface area (Å²) in [5.74, 6) is 0.734. The molecule has 154 valence electrons. The Hall–Kier alpha value is -3.17. The summed E-state index contributed by atoms with van der Waals surface area (Å²) in [7, 11) is 0. The number of dihydropyridines is 1. The average Bonchev–Trinajstić information content (AvgIpc) is 2.75. The number of allylic oxidation sites excluding steroid dienone is 2. The highest BCUT2D eigenvalue weighted by atomic mass is 32.2. The minimum Gasteiger partial charge on any atom is -0.494 e. The second kappa shape index (κ2) is 10.0. The van der Waals surface area contributed by atoms with E-state index in [0.717, 1.165) is 22.0 Å². The quantitative estimate of drug-likeness (QED) is 0.647. The van der Waals surface area contributed by atoms with Crippen LogP contribution in [0, 0.1) is 11.3 Å². The Morgan fingerprint density at radius 3 is 2.53 bits per heavy atom. The van der Waals surface area contributed by atoms with Crippen LogP contribution in [0.5, 0.6) is 5.75 Å². The molecule has 1 aliphatic rings. The number of nitrogens with zero attached hydrogens (tertiary/aromatic N) is 1. The molecule has 2 aromatic carbocycles. The van der Waals surface area contributed by atoms with Gasteiger partial charge >= 0.3 is 0 Å². The summed E-state index contributed by atoms with van der Waals surface area (Å²) in [4.78, 5) is 13.4. The van der Waals surface area contributed by atoms with Crippen LogP contribution < -0.4 is 15.4 Å². The summed E-state index contributed by atoms with van der Waals surface area (Å²) in [6.07, 6.45) is 0. The number of anilines is 1. The molecule has 2 N–H and O–H groups in total. The number of carbonyl (C=O) groups excluding carboxylic acids is 1. The van der Waals surface area contributed by atoms with Gasteiger partial charge in [0.2, 0.25) is 0 Å². The zero-order valence-electron chi connectivity index (χ0n) is 17.4. The van der Waals surface area contributed by atoms with E-state index in [1.807, 2.05) is 75.4 Å². The molecule has 1 atom stereocenters. The third-order valence-corrected chi connectivity index (χ3v) is 5.64. The molecule has 30 heavy (non-hydrogen) atoms. The van der Waals surface area contributed by atoms with Crippen molar-refractivity contribution >= 4 is 23.4 Å². The number of para-hydroxylation sites is 2. The number of hydrogen-bond donors (Lipinski definition) is 2. The molecule has 0 fully saturated rings. The number of thioether (sulfide) groups is 1. The van der Waals surface area contributed by atoms with Crippen molar-refractivity contribution in [1.29, 1.82) is 5.26 Å². The number of ether oxygens (including phenoxy) is 1. The molecule has 0 spiro atoms. The Labute approximate surface area is 181 Å². The van der Waals surface area contributed by atoms with Gasteiger partial charge in [0, 0.05) is 22.5 Å². The lowest BCUT2D eigenvalue weighted by molar-refractivity contribution is -0.113. The van der Waals surface area contributed by atoms with Crippen LogP contribution in [0.4, 0.5) is 5.69 Å². The molecule has 1 amide bonds. The zero-order chi connectivity index (χ0) is 21.5. The van der Waals surface area contributed by atoms with Crippen molar-refractivity contribution in [3.8, 4) is 11.8 Å². The maximum Gasteiger partial charge on any atom is 0.254 e. The van der Waals surface area contributed by atoms with E-state index in [9.17, 15) is 10.1 Å². The third-order valence-electron chi connectivity index (χ3n) is 4.74. The molecule has 0 aromatic heterocycles. The van der Waals surface area contributed by atoms with Crippen molar-refractivity contribution < 1.29 is 9.53 Å². The number of carbonyl (C=O) groups is 1. The van der Waals surface area contributed by atoms with Gasteiger partial charge in [-0.05, 0) is 37.8 Å². The van der Waals surface area contributed by atoms with Gasteiger partial charge in [0.1, 0.15) is 5.75 Å². The standard InChI is InChI=1S/C24H25N3O2S/c1-4-29-20-14-10-9-13-18(20)22-19(15-25)24(30-5-2)26-16(3)21(22)23(28)27-17-11-7-6-8-12-17/h6-14,22,26H,4-5H2,1-3H3,(H,27,28). The van der Waals surface area contributed by atoms with E-state index in [1.54, 1.807) is 11.8 Å². The van der Waals surface area contributed by atoms with Crippen LogP contribution in [0.25, 0.3) is 0 Å². The van der Waals surface area contributed by atoms with E-state index in [1.165, 1.54) is 0 Å². The minimum atomic E-state index is -0.517. The largest absolute Gasteiger partial charge is 0.494 e. The highest BCUT2D eigenvalue weighted by molar-refractivity contribution is 8.03. The number of hydrogen-bond acceptors (Lipinski definition) is 5. The molecule has 0 saturated heterocycles. The summed E-state index contributed by atoms with van der Waals surface area (Å²) in [5, 5.41) is 17.1. The van der Waals surface area contributed by atoms with Crippen LogP contribution in [-0.2, 0) is 4.79 Å². The lowest BCUT2D eigenvalue weighted by Crippen LogP contribution is -2.31. The average molecular weight is 420 g/mol. The fraction of sp³-hybridized carbons (Fsp3) is 0.250. The first-order valence-corrected chi connectivity index (χ1v) is 10.9. The Bertz CT molecular complexity index is 1020. The fourth-order valence-corrected chi connectivity index (χ4v) is 4.34. The molecule has 0 bridgehead atoms. The highest BCUT2D eigenvalue weighted by Crippen LogP contribution is 2.43. The van der Waals surface area contributed by atoms with Crippen molar-refractivity contribution in [2.24, 2.45) is 0 Å². The van der Waals surface area contributed by atoms with Crippen molar-refractivity contribution in [3.05, 3.63) is 82.0 Å².